The van der Waals surface area contributed by atoms with Gasteiger partial charge >= 0.3 is 0 Å². The minimum atomic E-state index is -0.513. The SMILES string of the molecule is C=CCN(/C=C(/C#N)C(=O)Nc1ccc(O)cc1)CC=C. The monoisotopic (exact) mass is 283 g/mol. The Kier molecular flexibility index (Phi) is 6.29. The largest absolute Gasteiger partial charge is 0.508 e. The number of aromatic hydroxyl groups is 1. The predicted molar refractivity (Wildman–Crippen MR) is 82.4 cm³/mol. The van der Waals surface area contributed by atoms with Crippen molar-refractivity contribution in [2.45, 2.75) is 0 Å². The summed E-state index contributed by atoms with van der Waals surface area (Å²) in [6.07, 6.45) is 4.82. The first-order chi connectivity index (χ1) is 10.1. The molecular formula is C16H17N3O2. The summed E-state index contributed by atoms with van der Waals surface area (Å²) in [7, 11) is 0. The maximum absolute atomic E-state index is 12.0. The number of benzene rings is 1. The number of amides is 1. The lowest BCUT2D eigenvalue weighted by atomic mass is 10.2. The lowest BCUT2D eigenvalue weighted by molar-refractivity contribution is -0.112. The molecule has 0 heterocycles. The van der Waals surface area contributed by atoms with Crippen molar-refractivity contribution in [3.05, 3.63) is 61.3 Å². The molecule has 0 bridgehead atoms. The van der Waals surface area contributed by atoms with Crippen LogP contribution in [0.15, 0.2) is 61.3 Å². The van der Waals surface area contributed by atoms with Crippen LogP contribution in [0.2, 0.25) is 0 Å². The van der Waals surface area contributed by atoms with Gasteiger partial charge in [-0.05, 0) is 24.3 Å². The molecule has 0 aliphatic rings. The van der Waals surface area contributed by atoms with E-state index in [0.29, 0.717) is 18.8 Å². The third kappa shape index (κ3) is 5.25. The Balaban J connectivity index is 2.84. The predicted octanol–water partition coefficient (Wildman–Crippen LogP) is 2.41. The van der Waals surface area contributed by atoms with E-state index in [4.69, 9.17) is 5.26 Å². The van der Waals surface area contributed by atoms with Gasteiger partial charge in [0.2, 0.25) is 0 Å². The zero-order valence-corrected chi connectivity index (χ0v) is 11.6. The Morgan fingerprint density at radius 2 is 1.86 bits per heavy atom. The lowest BCUT2D eigenvalue weighted by Gasteiger charge is -2.16. The first-order valence-electron chi connectivity index (χ1n) is 6.29. The standard InChI is InChI=1S/C16H17N3O2/c1-3-9-19(10-4-2)12-13(11-17)16(21)18-14-5-7-15(20)8-6-14/h3-8,12,20H,1-2,9-10H2,(H,18,21)/b13-12-. The van der Waals surface area contributed by atoms with Gasteiger partial charge in [-0.2, -0.15) is 5.26 Å². The van der Waals surface area contributed by atoms with Crippen molar-refractivity contribution in [3.8, 4) is 11.8 Å². The normalized spacial score (nSPS) is 10.3. The van der Waals surface area contributed by atoms with Gasteiger partial charge in [-0.15, -0.1) is 13.2 Å². The highest BCUT2D eigenvalue weighted by Crippen LogP contribution is 2.14. The van der Waals surface area contributed by atoms with Gasteiger partial charge in [-0.3, -0.25) is 4.79 Å². The Labute approximate surface area is 124 Å². The number of carbonyl (C=O) groups excluding carboxylic acids is 1. The van der Waals surface area contributed by atoms with Crippen molar-refractivity contribution in [2.75, 3.05) is 18.4 Å². The second-order valence-electron chi connectivity index (χ2n) is 4.19. The highest BCUT2D eigenvalue weighted by Gasteiger charge is 2.11. The fourth-order valence-corrected chi connectivity index (χ4v) is 1.58. The van der Waals surface area contributed by atoms with E-state index >= 15 is 0 Å². The number of hydrogen-bond donors (Lipinski definition) is 2. The van der Waals surface area contributed by atoms with Gasteiger partial charge < -0.3 is 15.3 Å². The van der Waals surface area contributed by atoms with E-state index in [-0.39, 0.29) is 11.3 Å². The number of rotatable bonds is 7. The lowest BCUT2D eigenvalue weighted by Crippen LogP contribution is -2.21. The molecule has 0 aliphatic carbocycles. The number of nitriles is 1. The molecule has 0 spiro atoms. The molecule has 108 valence electrons. The molecule has 1 rings (SSSR count). The van der Waals surface area contributed by atoms with Crippen LogP contribution < -0.4 is 5.32 Å². The van der Waals surface area contributed by atoms with E-state index < -0.39 is 5.91 Å². The highest BCUT2D eigenvalue weighted by atomic mass is 16.3. The van der Waals surface area contributed by atoms with Gasteiger partial charge in [0.25, 0.3) is 5.91 Å². The van der Waals surface area contributed by atoms with Crippen LogP contribution >= 0.6 is 0 Å². The van der Waals surface area contributed by atoms with Crippen LogP contribution in [-0.2, 0) is 4.79 Å². The Hall–Kier alpha value is -3.00. The Morgan fingerprint density at radius 3 is 2.33 bits per heavy atom. The van der Waals surface area contributed by atoms with Crippen molar-refractivity contribution in [1.82, 2.24) is 4.90 Å². The van der Waals surface area contributed by atoms with Gasteiger partial charge in [0.05, 0.1) is 0 Å². The molecule has 0 saturated heterocycles. The van der Waals surface area contributed by atoms with Gasteiger partial charge in [0, 0.05) is 25.0 Å². The Bertz CT molecular complexity index is 573. The maximum Gasteiger partial charge on any atom is 0.267 e. The number of hydrogen-bond acceptors (Lipinski definition) is 4. The van der Waals surface area contributed by atoms with Gasteiger partial charge in [-0.25, -0.2) is 0 Å². The molecule has 0 unspecified atom stereocenters. The molecule has 21 heavy (non-hydrogen) atoms. The minimum Gasteiger partial charge on any atom is -0.508 e. The molecule has 1 aromatic carbocycles. The van der Waals surface area contributed by atoms with E-state index in [1.165, 1.54) is 18.3 Å². The van der Waals surface area contributed by atoms with Crippen molar-refractivity contribution < 1.29 is 9.90 Å². The zero-order valence-electron chi connectivity index (χ0n) is 11.6. The molecule has 0 saturated carbocycles. The van der Waals surface area contributed by atoms with Crippen molar-refractivity contribution in [2.24, 2.45) is 0 Å². The summed E-state index contributed by atoms with van der Waals surface area (Å²) in [5.74, 6) is -0.409. The molecule has 5 nitrogen and oxygen atoms in total. The number of nitrogens with one attached hydrogen (secondary N) is 1. The van der Waals surface area contributed by atoms with Crippen LogP contribution in [0.5, 0.6) is 5.75 Å². The quantitative estimate of drug-likeness (QED) is 0.349. The van der Waals surface area contributed by atoms with E-state index in [0.717, 1.165) is 0 Å². The van der Waals surface area contributed by atoms with E-state index in [1.54, 1.807) is 29.2 Å². The molecule has 0 aromatic heterocycles. The molecule has 1 aromatic rings. The molecule has 0 atom stereocenters. The summed E-state index contributed by atoms with van der Waals surface area (Å²) >= 11 is 0. The summed E-state index contributed by atoms with van der Waals surface area (Å²) in [4.78, 5) is 13.8. The van der Waals surface area contributed by atoms with Crippen LogP contribution in [-0.4, -0.2) is 29.0 Å². The fraction of sp³-hybridized carbons (Fsp3) is 0.125. The van der Waals surface area contributed by atoms with Gasteiger partial charge in [0.15, 0.2) is 0 Å². The number of phenolic OH excluding ortho intramolecular Hbond substituents is 1. The number of phenols is 1. The van der Waals surface area contributed by atoms with Crippen LogP contribution in [0.1, 0.15) is 0 Å². The zero-order chi connectivity index (χ0) is 15.7. The van der Waals surface area contributed by atoms with Gasteiger partial charge in [0.1, 0.15) is 17.4 Å². The van der Waals surface area contributed by atoms with Gasteiger partial charge in [-0.1, -0.05) is 12.2 Å². The second kappa shape index (κ2) is 8.23. The van der Waals surface area contributed by atoms with Crippen molar-refractivity contribution in [1.29, 1.82) is 5.26 Å². The third-order valence-electron chi connectivity index (χ3n) is 2.53. The molecule has 0 fully saturated rings. The van der Waals surface area contributed by atoms with Crippen molar-refractivity contribution in [3.63, 3.8) is 0 Å². The average Bonchev–Trinajstić information content (AvgIpc) is 2.47. The number of carbonyl (C=O) groups is 1. The molecule has 0 radical (unpaired) electrons. The van der Waals surface area contributed by atoms with Crippen LogP contribution in [0.25, 0.3) is 0 Å². The summed E-state index contributed by atoms with van der Waals surface area (Å²) in [5, 5.41) is 20.9. The molecular weight excluding hydrogens is 266 g/mol. The fourth-order valence-electron chi connectivity index (χ4n) is 1.58. The van der Waals surface area contributed by atoms with Crippen LogP contribution in [0.4, 0.5) is 5.69 Å². The topological polar surface area (TPSA) is 76.4 Å². The van der Waals surface area contributed by atoms with Crippen molar-refractivity contribution >= 4 is 11.6 Å². The molecule has 1 amide bonds. The van der Waals surface area contributed by atoms with E-state index in [1.807, 2.05) is 6.07 Å². The average molecular weight is 283 g/mol. The number of nitrogens with zero attached hydrogens (tertiary/aromatic N) is 2. The Morgan fingerprint density at radius 1 is 1.29 bits per heavy atom. The molecule has 0 aliphatic heterocycles. The minimum absolute atomic E-state index is 0.0215. The summed E-state index contributed by atoms with van der Waals surface area (Å²) in [5.41, 5.74) is 0.477. The smallest absolute Gasteiger partial charge is 0.267 e. The highest BCUT2D eigenvalue weighted by molar-refractivity contribution is 6.06. The first-order valence-corrected chi connectivity index (χ1v) is 6.29. The first kappa shape index (κ1) is 16.1. The molecule has 2 N–H and O–H groups in total. The maximum atomic E-state index is 12.0. The van der Waals surface area contributed by atoms with E-state index in [9.17, 15) is 9.90 Å². The second-order valence-corrected chi connectivity index (χ2v) is 4.19. The summed E-state index contributed by atoms with van der Waals surface area (Å²) in [6.45, 7) is 8.26. The summed E-state index contributed by atoms with van der Waals surface area (Å²) in [6, 6.07) is 7.87. The number of anilines is 1. The van der Waals surface area contributed by atoms with Crippen LogP contribution in [0, 0.1) is 11.3 Å². The third-order valence-corrected chi connectivity index (χ3v) is 2.53. The summed E-state index contributed by atoms with van der Waals surface area (Å²) < 4.78 is 0. The molecule has 5 heteroatoms. The van der Waals surface area contributed by atoms with E-state index in [2.05, 4.69) is 18.5 Å². The van der Waals surface area contributed by atoms with Crippen LogP contribution in [0.3, 0.4) is 0 Å².